The number of rotatable bonds is 0. The number of carbonyl (C=O) groups is 1. The molecule has 0 spiro atoms. The van der Waals surface area contributed by atoms with Gasteiger partial charge in [0.15, 0.2) is 0 Å². The monoisotopic (exact) mass is 208 g/mol. The molecule has 0 aromatic rings. The first-order valence-corrected chi connectivity index (χ1v) is 6.28. The van der Waals surface area contributed by atoms with Gasteiger partial charge in [0.05, 0.1) is 0 Å². The fourth-order valence-corrected chi connectivity index (χ4v) is 3.78. The van der Waals surface area contributed by atoms with Crippen LogP contribution in [-0.2, 0) is 4.79 Å². The number of Topliss-reactive ketones (excluding diaryl/α,β-unsaturated/α-hetero) is 1. The van der Waals surface area contributed by atoms with Crippen LogP contribution in [0.5, 0.6) is 0 Å². The van der Waals surface area contributed by atoms with E-state index >= 15 is 0 Å². The molecule has 0 aromatic carbocycles. The number of hydrogen-bond donors (Lipinski definition) is 1. The summed E-state index contributed by atoms with van der Waals surface area (Å²) in [6.45, 7) is 4.55. The van der Waals surface area contributed by atoms with E-state index in [0.29, 0.717) is 29.8 Å². The molecule has 15 heavy (non-hydrogen) atoms. The Morgan fingerprint density at radius 1 is 1.33 bits per heavy atom. The molecule has 4 atom stereocenters. The van der Waals surface area contributed by atoms with Gasteiger partial charge in [0.25, 0.3) is 0 Å². The Morgan fingerprint density at radius 2 is 2.20 bits per heavy atom. The summed E-state index contributed by atoms with van der Waals surface area (Å²) in [4.78, 5) is 14.7. The zero-order valence-electron chi connectivity index (χ0n) is 9.41. The van der Waals surface area contributed by atoms with Crippen molar-refractivity contribution in [2.75, 3.05) is 13.1 Å². The van der Waals surface area contributed by atoms with Crippen molar-refractivity contribution in [1.82, 2.24) is 10.2 Å². The highest BCUT2D eigenvalue weighted by atomic mass is 16.1. The lowest BCUT2D eigenvalue weighted by atomic mass is 9.77. The van der Waals surface area contributed by atoms with E-state index < -0.39 is 0 Å². The lowest BCUT2D eigenvalue weighted by Gasteiger charge is -2.45. The molecule has 3 rings (SSSR count). The Balaban J connectivity index is 1.83. The number of hydrogen-bond acceptors (Lipinski definition) is 3. The Kier molecular flexibility index (Phi) is 2.33. The molecule has 3 saturated heterocycles. The van der Waals surface area contributed by atoms with Crippen LogP contribution in [0.3, 0.4) is 0 Å². The average molecular weight is 208 g/mol. The molecule has 0 amide bonds. The molecule has 3 heteroatoms. The maximum atomic E-state index is 12.1. The Labute approximate surface area is 91.2 Å². The van der Waals surface area contributed by atoms with Gasteiger partial charge >= 0.3 is 0 Å². The minimum absolute atomic E-state index is 0.303. The normalized spacial score (nSPS) is 46.3. The average Bonchev–Trinajstić information content (AvgIpc) is 2.63. The smallest absolute Gasteiger partial charge is 0.140 e. The highest BCUT2D eigenvalue weighted by Gasteiger charge is 2.46. The molecule has 3 aliphatic heterocycles. The summed E-state index contributed by atoms with van der Waals surface area (Å²) in [5, 5.41) is 3.61. The summed E-state index contributed by atoms with van der Waals surface area (Å²) in [5.41, 5.74) is 0. The number of carbonyl (C=O) groups excluding carboxylic acids is 1. The molecule has 0 aromatic heterocycles. The van der Waals surface area contributed by atoms with Crippen LogP contribution in [-0.4, -0.2) is 41.9 Å². The van der Waals surface area contributed by atoms with Crippen LogP contribution in [0.4, 0.5) is 0 Å². The molecule has 84 valence electrons. The third-order valence-electron chi connectivity index (χ3n) is 4.37. The number of fused-ring (bicyclic) bond motifs is 3. The highest BCUT2D eigenvalue weighted by molar-refractivity contribution is 5.84. The van der Waals surface area contributed by atoms with Crippen LogP contribution in [0.25, 0.3) is 0 Å². The van der Waals surface area contributed by atoms with Crippen LogP contribution < -0.4 is 5.32 Å². The second-order valence-electron chi connectivity index (χ2n) is 5.40. The van der Waals surface area contributed by atoms with Crippen LogP contribution >= 0.6 is 0 Å². The lowest BCUT2D eigenvalue weighted by molar-refractivity contribution is -0.130. The van der Waals surface area contributed by atoms with Crippen molar-refractivity contribution in [3.63, 3.8) is 0 Å². The van der Waals surface area contributed by atoms with Crippen LogP contribution in [0, 0.1) is 5.92 Å². The van der Waals surface area contributed by atoms with Crippen molar-refractivity contribution in [3.05, 3.63) is 0 Å². The number of nitrogens with zero attached hydrogens (tertiary/aromatic N) is 1. The lowest BCUT2D eigenvalue weighted by Crippen LogP contribution is -2.61. The summed E-state index contributed by atoms with van der Waals surface area (Å²) in [7, 11) is 0. The van der Waals surface area contributed by atoms with Crippen LogP contribution in [0.2, 0.25) is 0 Å². The first-order chi connectivity index (χ1) is 7.25. The zero-order valence-corrected chi connectivity index (χ0v) is 9.41. The van der Waals surface area contributed by atoms with Gasteiger partial charge in [-0.2, -0.15) is 0 Å². The highest BCUT2D eigenvalue weighted by Crippen LogP contribution is 2.35. The van der Waals surface area contributed by atoms with Crippen molar-refractivity contribution < 1.29 is 4.79 Å². The van der Waals surface area contributed by atoms with Gasteiger partial charge in [-0.1, -0.05) is 0 Å². The van der Waals surface area contributed by atoms with E-state index in [0.717, 1.165) is 12.8 Å². The number of piperidine rings is 2. The predicted molar refractivity (Wildman–Crippen MR) is 58.7 cm³/mol. The molecule has 0 radical (unpaired) electrons. The quantitative estimate of drug-likeness (QED) is 0.639. The molecule has 3 fully saturated rings. The Morgan fingerprint density at radius 3 is 3.07 bits per heavy atom. The second-order valence-corrected chi connectivity index (χ2v) is 5.40. The SMILES string of the molecule is C[C@@H]1CC(=O)[C@H]2[C@H](CCN3CCC[C@H]23)N1. The van der Waals surface area contributed by atoms with Crippen LogP contribution in [0.15, 0.2) is 0 Å². The molecule has 1 N–H and O–H groups in total. The third-order valence-corrected chi connectivity index (χ3v) is 4.37. The molecular formula is C12H20N2O. The zero-order chi connectivity index (χ0) is 10.4. The molecular weight excluding hydrogens is 188 g/mol. The molecule has 3 nitrogen and oxygen atoms in total. The van der Waals surface area contributed by atoms with Crippen molar-refractivity contribution >= 4 is 5.78 Å². The molecule has 0 bridgehead atoms. The first kappa shape index (κ1) is 9.79. The van der Waals surface area contributed by atoms with E-state index in [9.17, 15) is 4.79 Å². The number of ketones is 1. The van der Waals surface area contributed by atoms with Crippen molar-refractivity contribution in [1.29, 1.82) is 0 Å². The van der Waals surface area contributed by atoms with Gasteiger partial charge in [0.1, 0.15) is 5.78 Å². The van der Waals surface area contributed by atoms with Gasteiger partial charge in [-0.15, -0.1) is 0 Å². The Bertz CT molecular complexity index is 279. The fraction of sp³-hybridized carbons (Fsp3) is 0.917. The molecule has 0 unspecified atom stereocenters. The largest absolute Gasteiger partial charge is 0.310 e. The topological polar surface area (TPSA) is 32.3 Å². The van der Waals surface area contributed by atoms with Gasteiger partial charge < -0.3 is 5.32 Å². The number of nitrogens with one attached hydrogen (secondary N) is 1. The summed E-state index contributed by atoms with van der Waals surface area (Å²) in [5.74, 6) is 0.820. The minimum atomic E-state index is 0.303. The summed E-state index contributed by atoms with van der Waals surface area (Å²) >= 11 is 0. The van der Waals surface area contributed by atoms with Crippen molar-refractivity contribution in [2.24, 2.45) is 5.92 Å². The minimum Gasteiger partial charge on any atom is -0.310 e. The van der Waals surface area contributed by atoms with Gasteiger partial charge in [-0.3, -0.25) is 9.69 Å². The molecule has 0 aliphatic carbocycles. The van der Waals surface area contributed by atoms with E-state index in [1.54, 1.807) is 0 Å². The predicted octanol–water partition coefficient (Wildman–Crippen LogP) is 0.790. The van der Waals surface area contributed by atoms with Crippen LogP contribution in [0.1, 0.15) is 32.6 Å². The molecule has 3 heterocycles. The van der Waals surface area contributed by atoms with E-state index in [2.05, 4.69) is 17.1 Å². The maximum Gasteiger partial charge on any atom is 0.140 e. The summed E-state index contributed by atoms with van der Waals surface area (Å²) < 4.78 is 0. The van der Waals surface area contributed by atoms with E-state index in [1.165, 1.54) is 25.9 Å². The van der Waals surface area contributed by atoms with Gasteiger partial charge in [-0.25, -0.2) is 0 Å². The van der Waals surface area contributed by atoms with E-state index in [-0.39, 0.29) is 0 Å². The van der Waals surface area contributed by atoms with Gasteiger partial charge in [0.2, 0.25) is 0 Å². The van der Waals surface area contributed by atoms with Crippen molar-refractivity contribution in [3.8, 4) is 0 Å². The van der Waals surface area contributed by atoms with E-state index in [4.69, 9.17) is 0 Å². The van der Waals surface area contributed by atoms with Gasteiger partial charge in [-0.05, 0) is 39.3 Å². The van der Waals surface area contributed by atoms with Gasteiger partial charge in [0, 0.05) is 30.5 Å². The van der Waals surface area contributed by atoms with E-state index in [1.807, 2.05) is 0 Å². The third kappa shape index (κ3) is 1.53. The summed E-state index contributed by atoms with van der Waals surface area (Å²) in [6.07, 6.45) is 4.43. The second kappa shape index (κ2) is 3.56. The molecule has 3 aliphatic rings. The fourth-order valence-electron chi connectivity index (χ4n) is 3.78. The Hall–Kier alpha value is -0.410. The standard InChI is InChI=1S/C12H20N2O/c1-8-7-11(15)12-9(13-8)4-6-14-5-2-3-10(12)14/h8-10,12-13H,2-7H2,1H3/t8-,9+,10-,12+/m1/s1. The first-order valence-electron chi connectivity index (χ1n) is 6.28. The van der Waals surface area contributed by atoms with Crippen molar-refractivity contribution in [2.45, 2.75) is 50.7 Å². The summed E-state index contributed by atoms with van der Waals surface area (Å²) in [6, 6.07) is 1.43. The maximum absolute atomic E-state index is 12.1. The molecule has 0 saturated carbocycles.